The van der Waals surface area contributed by atoms with Gasteiger partial charge in [-0.2, -0.15) is 0 Å². The van der Waals surface area contributed by atoms with Gasteiger partial charge in [-0.3, -0.25) is 38.4 Å². The first kappa shape index (κ1) is 75.6. The molecular formula is C73H93N15O14. The summed E-state index contributed by atoms with van der Waals surface area (Å²) < 4.78 is 15.3. The Morgan fingerprint density at radius 2 is 0.931 bits per heavy atom. The van der Waals surface area contributed by atoms with Crippen molar-refractivity contribution in [2.75, 3.05) is 20.1 Å². The molecule has 2 aromatic heterocycles. The van der Waals surface area contributed by atoms with Gasteiger partial charge < -0.3 is 66.7 Å². The summed E-state index contributed by atoms with van der Waals surface area (Å²) in [7, 11) is 1.61. The Kier molecular flexibility index (Phi) is 26.1. The fraction of sp³-hybridized carbons (Fsp3) is 0.479. The number of likely N-dealkylation sites (tertiary alicyclic amines) is 2. The number of benzene rings is 4. The van der Waals surface area contributed by atoms with E-state index >= 15 is 0 Å². The molecule has 0 saturated carbocycles. The van der Waals surface area contributed by atoms with Crippen LogP contribution in [-0.2, 0) is 86.8 Å². The van der Waals surface area contributed by atoms with Crippen molar-refractivity contribution >= 4 is 59.2 Å². The Bertz CT molecular complexity index is 3640. The fourth-order valence-corrected chi connectivity index (χ4v) is 12.5. The number of likely N-dealkylation sites (N-methyl/N-ethyl adjacent to an activating group) is 1. The van der Waals surface area contributed by atoms with Gasteiger partial charge in [-0.05, 0) is 104 Å². The standard InChI is InChI=1S/C73H93N15O14/c1-9-44(6)64(89)79-62(42(2)3)70(95)85-38-52-34-60(85)68(93)75-56(30-24-46-16-12-10-13-17-46)66(91)77-58(72(97)98)32-48-22-28-55(29-23-48)102-41-51-37-88(84-82-51)53-35-61(86(39-53)71(96)63(43(4)5)80-65(90)45(7)74-8)69(94)76-57(31-25-47-18-14-11-15-19-47)67(92)78-59(73(99)100)33-49-20-26-54(27-21-49)101-40-50-36-87(52)83-81-50/h10-23,26-29,36-37,42-45,52-53,56-63,74H,9,24-25,30-35,38-41H2,1-8H3,(H,75,93)(H,76,94)(H,77,91)(H,78,92)(H,79,89)(H,80,90)(H,97,98)(H,99,100)/t44-,45+,52+,53+,56+,57+,58+,59+,60+,61+,62+,63+/m1/s1. The average Bonchev–Trinajstić information content (AvgIpc) is 1.64. The quantitative estimate of drug-likeness (QED) is 0.0595. The number of nitrogens with one attached hydrogen (secondary N) is 7. The van der Waals surface area contributed by atoms with E-state index in [1.807, 2.05) is 67.6 Å². The normalized spacial score (nSPS) is 22.1. The van der Waals surface area contributed by atoms with Crippen molar-refractivity contribution in [1.29, 1.82) is 0 Å². The summed E-state index contributed by atoms with van der Waals surface area (Å²) in [5.41, 5.74) is 3.42. The van der Waals surface area contributed by atoms with E-state index in [1.54, 1.807) is 110 Å². The molecule has 6 aromatic rings. The first-order chi connectivity index (χ1) is 48.9. The van der Waals surface area contributed by atoms with Gasteiger partial charge in [0.15, 0.2) is 0 Å². The number of ether oxygens (including phenoxy) is 2. The minimum Gasteiger partial charge on any atom is -0.487 e. The van der Waals surface area contributed by atoms with E-state index in [-0.39, 0.29) is 70.7 Å². The second-order valence-corrected chi connectivity index (χ2v) is 27.2. The minimum atomic E-state index is -1.48. The molecule has 544 valence electrons. The molecule has 0 unspecified atom stereocenters. The van der Waals surface area contributed by atoms with Gasteiger partial charge in [-0.1, -0.05) is 137 Å². The summed E-state index contributed by atoms with van der Waals surface area (Å²) in [6.07, 6.45) is 4.04. The molecule has 12 rings (SSSR count). The van der Waals surface area contributed by atoms with Crippen LogP contribution in [0.4, 0.5) is 0 Å². The summed E-state index contributed by atoms with van der Waals surface area (Å²) in [6, 6.07) is 19.4. The molecule has 8 amide bonds. The lowest BCUT2D eigenvalue weighted by Crippen LogP contribution is -2.59. The van der Waals surface area contributed by atoms with Crippen molar-refractivity contribution in [3.63, 3.8) is 0 Å². The van der Waals surface area contributed by atoms with Gasteiger partial charge in [0.1, 0.15) is 84.4 Å². The number of hydrogen-bond acceptors (Lipinski definition) is 17. The first-order valence-corrected chi connectivity index (χ1v) is 34.7. The molecule has 2 fully saturated rings. The molecule has 102 heavy (non-hydrogen) atoms. The summed E-state index contributed by atoms with van der Waals surface area (Å²) in [5.74, 6) is -8.07. The Hall–Kier alpha value is -10.6. The van der Waals surface area contributed by atoms with Crippen molar-refractivity contribution in [1.82, 2.24) is 77.0 Å². The molecular weight excluding hydrogens is 1310 g/mol. The Labute approximate surface area is 592 Å². The molecule has 6 aliphatic heterocycles. The number of carbonyl (C=O) groups is 10. The van der Waals surface area contributed by atoms with E-state index in [0.29, 0.717) is 53.3 Å². The number of nitrogens with zero attached hydrogens (tertiary/aromatic N) is 8. The lowest BCUT2D eigenvalue weighted by molar-refractivity contribution is -0.144. The molecule has 29 nitrogen and oxygen atoms in total. The highest BCUT2D eigenvalue weighted by Crippen LogP contribution is 2.32. The third kappa shape index (κ3) is 19.9. The van der Waals surface area contributed by atoms with Gasteiger partial charge in [0, 0.05) is 44.7 Å². The largest absolute Gasteiger partial charge is 0.487 e. The van der Waals surface area contributed by atoms with E-state index in [9.17, 15) is 58.2 Å². The van der Waals surface area contributed by atoms with Crippen LogP contribution in [0.1, 0.15) is 126 Å². The molecule has 6 aliphatic rings. The zero-order valence-electron chi connectivity index (χ0n) is 58.7. The topological polar surface area (TPSA) is 382 Å². The number of rotatable bonds is 18. The third-order valence-electron chi connectivity index (χ3n) is 19.1. The first-order valence-electron chi connectivity index (χ1n) is 34.7. The zero-order chi connectivity index (χ0) is 73.3. The summed E-state index contributed by atoms with van der Waals surface area (Å²) in [5, 5.41) is 58.4. The predicted octanol–water partition coefficient (Wildman–Crippen LogP) is 3.42. The minimum absolute atomic E-state index is 0.000752. The van der Waals surface area contributed by atoms with Gasteiger partial charge >= 0.3 is 11.9 Å². The number of aliphatic carboxylic acids is 2. The van der Waals surface area contributed by atoms with Gasteiger partial charge in [-0.25, -0.2) is 19.0 Å². The number of aromatic nitrogens is 6. The van der Waals surface area contributed by atoms with Crippen LogP contribution in [0.3, 0.4) is 0 Å². The summed E-state index contributed by atoms with van der Waals surface area (Å²) in [4.78, 5) is 145. The Balaban J connectivity index is 1.03. The lowest BCUT2D eigenvalue weighted by Gasteiger charge is -2.31. The van der Waals surface area contributed by atoms with Crippen molar-refractivity contribution in [3.8, 4) is 11.5 Å². The molecule has 29 heteroatoms. The van der Waals surface area contributed by atoms with Crippen LogP contribution in [0.15, 0.2) is 122 Å². The van der Waals surface area contributed by atoms with E-state index < -0.39 is 138 Å². The van der Waals surface area contributed by atoms with E-state index in [1.165, 1.54) is 19.2 Å². The second-order valence-electron chi connectivity index (χ2n) is 27.2. The summed E-state index contributed by atoms with van der Waals surface area (Å²) in [6.45, 7) is 12.0. The predicted molar refractivity (Wildman–Crippen MR) is 371 cm³/mol. The van der Waals surface area contributed by atoms with Gasteiger partial charge in [0.05, 0.1) is 30.5 Å². The van der Waals surface area contributed by atoms with Crippen molar-refractivity contribution in [2.45, 2.75) is 186 Å². The van der Waals surface area contributed by atoms with Crippen molar-refractivity contribution < 1.29 is 67.6 Å². The zero-order valence-corrected chi connectivity index (χ0v) is 58.7. The fourth-order valence-electron chi connectivity index (χ4n) is 12.5. The SMILES string of the molecule is CC[C@@H](C)C(=O)N[C@H](C(=O)N1C[C@@H]2C[C@H]1C(=O)N[C@@H](CCc1ccccc1)C(=O)N[C@H](C(=O)O)Cc1ccc(cc1)OCc1cn(nn1)[C@H]1C[C@@H](C(=O)N[C@@H](CCc3ccccc3)C(=O)N[C@H](C(=O)O)Cc3ccc(cc3)OCc3cn2nn3)N(C(=O)[C@@H](NC(=O)[C@H](C)NC)C(C)C)C1)C(C)C. The number of hydrogen-bond donors (Lipinski definition) is 9. The number of carboxylic acid groups (broad SMARTS) is 2. The van der Waals surface area contributed by atoms with Crippen LogP contribution >= 0.6 is 0 Å². The number of amides is 8. The Morgan fingerprint density at radius 1 is 0.539 bits per heavy atom. The van der Waals surface area contributed by atoms with Gasteiger partial charge in [0.25, 0.3) is 0 Å². The monoisotopic (exact) mass is 1400 g/mol. The molecule has 2 saturated heterocycles. The maximum Gasteiger partial charge on any atom is 0.326 e. The van der Waals surface area contributed by atoms with Crippen molar-refractivity contribution in [3.05, 3.63) is 155 Å². The molecule has 9 N–H and O–H groups in total. The Morgan fingerprint density at radius 3 is 1.29 bits per heavy atom. The highest BCUT2D eigenvalue weighted by atomic mass is 16.5. The van der Waals surface area contributed by atoms with Gasteiger partial charge in [0.2, 0.25) is 47.3 Å². The maximum atomic E-state index is 15.0. The molecule has 0 radical (unpaired) electrons. The van der Waals surface area contributed by atoms with Crippen LogP contribution < -0.4 is 46.7 Å². The molecule has 0 spiro atoms. The molecule has 8 heterocycles. The molecule has 4 aromatic carbocycles. The van der Waals surface area contributed by atoms with E-state index in [0.717, 1.165) is 11.1 Å². The van der Waals surface area contributed by atoms with Crippen LogP contribution in [0.25, 0.3) is 0 Å². The van der Waals surface area contributed by atoms with Crippen LogP contribution in [0, 0.1) is 17.8 Å². The van der Waals surface area contributed by atoms with Crippen LogP contribution in [0.2, 0.25) is 0 Å². The number of carbonyl (C=O) groups excluding carboxylic acids is 8. The van der Waals surface area contributed by atoms with Gasteiger partial charge in [-0.15, -0.1) is 10.2 Å². The molecule has 12 bridgehead atoms. The third-order valence-corrected chi connectivity index (χ3v) is 19.1. The summed E-state index contributed by atoms with van der Waals surface area (Å²) >= 11 is 0. The van der Waals surface area contributed by atoms with Crippen LogP contribution in [-0.4, -0.2) is 184 Å². The van der Waals surface area contributed by atoms with E-state index in [2.05, 4.69) is 57.8 Å². The number of aryl methyl sites for hydroxylation is 2. The highest BCUT2D eigenvalue weighted by molar-refractivity contribution is 5.97. The average molecular weight is 1400 g/mol. The highest BCUT2D eigenvalue weighted by Gasteiger charge is 2.47. The smallest absolute Gasteiger partial charge is 0.326 e. The molecule has 12 atom stereocenters. The second kappa shape index (κ2) is 35.1. The maximum absolute atomic E-state index is 15.0. The van der Waals surface area contributed by atoms with Crippen molar-refractivity contribution in [2.24, 2.45) is 17.8 Å². The molecule has 0 aliphatic carbocycles. The van der Waals surface area contributed by atoms with E-state index in [4.69, 9.17) is 9.47 Å². The van der Waals surface area contributed by atoms with Crippen LogP contribution in [0.5, 0.6) is 11.5 Å². The number of carboxylic acids is 2. The lowest BCUT2D eigenvalue weighted by atomic mass is 10.00.